The Morgan fingerprint density at radius 2 is 1.20 bits per heavy atom. The van der Waals surface area contributed by atoms with Crippen molar-refractivity contribution in [3.05, 3.63) is 264 Å². The van der Waals surface area contributed by atoms with Crippen molar-refractivity contribution < 1.29 is 0 Å². The normalized spacial score (nSPS) is 16.5. The number of fused-ring (bicyclic) bond motifs is 10. The number of thiophene rings is 2. The van der Waals surface area contributed by atoms with Crippen LogP contribution in [0, 0.1) is 6.92 Å². The molecule has 1 atom stereocenters. The van der Waals surface area contributed by atoms with Gasteiger partial charge in [0.05, 0.1) is 28.1 Å². The molecule has 1 unspecified atom stereocenters. The van der Waals surface area contributed by atoms with Gasteiger partial charge >= 0.3 is 0 Å². The number of allylic oxidation sites excluding steroid dienone is 4. The zero-order chi connectivity index (χ0) is 55.2. The third-order valence-corrected chi connectivity index (χ3v) is 19.1. The molecule has 1 aliphatic carbocycles. The lowest BCUT2D eigenvalue weighted by atomic mass is 9.82. The zero-order valence-electron chi connectivity index (χ0n) is 46.0. The van der Waals surface area contributed by atoms with E-state index in [0.29, 0.717) is 5.84 Å². The number of benzene rings is 8. The number of nitrogens with zero attached hydrogens (tertiary/aromatic N) is 7. The number of hydrogen-bond donors (Lipinski definition) is 0. The molecule has 3 aliphatic rings. The Morgan fingerprint density at radius 3 is 1.98 bits per heavy atom. The third kappa shape index (κ3) is 8.13. The fraction of sp³-hybridized carbons (Fsp3) is 0.0959. The Bertz CT molecular complexity index is 4680. The average Bonchev–Trinajstić information content (AvgIpc) is 4.38. The summed E-state index contributed by atoms with van der Waals surface area (Å²) < 4.78 is 4.99. The molecular formula is C73H55N7S2. The van der Waals surface area contributed by atoms with E-state index in [2.05, 4.69) is 249 Å². The summed E-state index contributed by atoms with van der Waals surface area (Å²) >= 11 is 3.71. The van der Waals surface area contributed by atoms with Crippen LogP contribution in [0.4, 0.5) is 22.7 Å². The standard InChI is InChI=1S/C73H55N7S2/c1-45-21-14-16-38-75-69-54(60-32-15-17-37-74-60)30-20-34-63(69)79(61-33-19-29-52(45)46(61)2)51-27-18-26-49(39-51)65-43-67-68(81-65)44-66(82-67)50-35-36-62-56(40-50)57-41-55-53-28-12-13-31-58(53)73(3,4)59(55)42-64(57)80(62)72-77-70(47-22-8-6-9-23-47)76-71(78(72)5)48-24-10-7-11-25-48/h6-44,72H,1-5H3/b16-14-,45-21+,75-38?. The summed E-state index contributed by atoms with van der Waals surface area (Å²) in [4.78, 5) is 27.9. The molecule has 6 heterocycles. The first-order valence-corrected chi connectivity index (χ1v) is 29.5. The van der Waals surface area contributed by atoms with Gasteiger partial charge in [0.25, 0.3) is 0 Å². The summed E-state index contributed by atoms with van der Waals surface area (Å²) in [7, 11) is 2.13. The second kappa shape index (κ2) is 19.6. The fourth-order valence-electron chi connectivity index (χ4n) is 12.6. The molecule has 9 heteroatoms. The van der Waals surface area contributed by atoms with Crippen LogP contribution in [0.1, 0.15) is 60.4 Å². The van der Waals surface area contributed by atoms with E-state index in [-0.39, 0.29) is 5.41 Å². The number of amidine groups is 2. The van der Waals surface area contributed by atoms with Gasteiger partial charge < -0.3 is 14.4 Å². The maximum absolute atomic E-state index is 5.55. The van der Waals surface area contributed by atoms with Crippen LogP contribution in [0.25, 0.3) is 80.0 Å². The molecule has 12 aromatic rings. The van der Waals surface area contributed by atoms with Gasteiger partial charge in [0, 0.05) is 82.9 Å². The molecule has 15 rings (SSSR count). The van der Waals surface area contributed by atoms with Gasteiger partial charge in [-0.3, -0.25) is 9.98 Å². The molecule has 2 bridgehead atoms. The maximum atomic E-state index is 5.55. The van der Waals surface area contributed by atoms with E-state index in [0.717, 1.165) is 67.6 Å². The Balaban J connectivity index is 0.849. The molecule has 0 N–H and O–H groups in total. The van der Waals surface area contributed by atoms with E-state index in [4.69, 9.17) is 20.0 Å². The van der Waals surface area contributed by atoms with Crippen LogP contribution < -0.4 is 4.90 Å². The highest BCUT2D eigenvalue weighted by atomic mass is 32.1. The molecule has 7 nitrogen and oxygen atoms in total. The highest BCUT2D eigenvalue weighted by Crippen LogP contribution is 2.53. The summed E-state index contributed by atoms with van der Waals surface area (Å²) in [5.41, 5.74) is 21.2. The summed E-state index contributed by atoms with van der Waals surface area (Å²) in [6, 6.07) is 74.7. The van der Waals surface area contributed by atoms with Gasteiger partial charge in [-0.05, 0) is 143 Å². The lowest BCUT2D eigenvalue weighted by Crippen LogP contribution is -2.38. The van der Waals surface area contributed by atoms with Gasteiger partial charge in [-0.15, -0.1) is 22.7 Å². The van der Waals surface area contributed by atoms with Crippen LogP contribution in [0.5, 0.6) is 0 Å². The number of rotatable bonds is 7. The Labute approximate surface area is 485 Å². The van der Waals surface area contributed by atoms with Crippen molar-refractivity contribution in [2.24, 2.45) is 15.0 Å². The van der Waals surface area contributed by atoms with Gasteiger partial charge in [-0.2, -0.15) is 0 Å². The first-order valence-electron chi connectivity index (χ1n) is 27.8. The van der Waals surface area contributed by atoms with Crippen molar-refractivity contribution in [1.82, 2.24) is 14.5 Å². The van der Waals surface area contributed by atoms with Crippen molar-refractivity contribution in [2.75, 3.05) is 11.9 Å². The highest BCUT2D eigenvalue weighted by molar-refractivity contribution is 7.31. The number of hydrogen-bond acceptors (Lipinski definition) is 8. The van der Waals surface area contributed by atoms with E-state index < -0.39 is 6.29 Å². The first kappa shape index (κ1) is 49.5. The summed E-state index contributed by atoms with van der Waals surface area (Å²) in [6.07, 6.45) is 9.56. The van der Waals surface area contributed by atoms with Crippen LogP contribution in [-0.2, 0) is 5.41 Å². The van der Waals surface area contributed by atoms with Gasteiger partial charge in [-0.1, -0.05) is 159 Å². The largest absolute Gasteiger partial charge is 0.320 e. The quantitative estimate of drug-likeness (QED) is 0.160. The highest BCUT2D eigenvalue weighted by Gasteiger charge is 2.37. The predicted octanol–water partition coefficient (Wildman–Crippen LogP) is 19.5. The molecule has 394 valence electrons. The molecule has 0 fully saturated rings. The summed E-state index contributed by atoms with van der Waals surface area (Å²) in [5.74, 6) is 1.59. The van der Waals surface area contributed by atoms with Crippen molar-refractivity contribution in [1.29, 1.82) is 0 Å². The van der Waals surface area contributed by atoms with E-state index in [9.17, 15) is 0 Å². The van der Waals surface area contributed by atoms with E-state index in [1.165, 1.54) is 74.4 Å². The third-order valence-electron chi connectivity index (χ3n) is 16.7. The van der Waals surface area contributed by atoms with Gasteiger partial charge in [0.15, 0.2) is 5.84 Å². The Morgan fingerprint density at radius 1 is 0.524 bits per heavy atom. The molecule has 0 saturated heterocycles. The van der Waals surface area contributed by atoms with Crippen LogP contribution in [0.2, 0.25) is 0 Å². The molecule has 2 aliphatic heterocycles. The van der Waals surface area contributed by atoms with E-state index in [1.54, 1.807) is 0 Å². The molecule has 4 aromatic heterocycles. The Kier molecular flexibility index (Phi) is 11.8. The topological polar surface area (TPSA) is 61.4 Å². The second-order valence-electron chi connectivity index (χ2n) is 22.0. The van der Waals surface area contributed by atoms with Crippen LogP contribution >= 0.6 is 22.7 Å². The maximum Gasteiger partial charge on any atom is 0.206 e. The number of para-hydroxylation sites is 1. The van der Waals surface area contributed by atoms with Crippen LogP contribution in [-0.4, -0.2) is 39.4 Å². The molecule has 0 radical (unpaired) electrons. The van der Waals surface area contributed by atoms with Crippen molar-refractivity contribution in [2.45, 2.75) is 39.4 Å². The van der Waals surface area contributed by atoms with Gasteiger partial charge in [0.1, 0.15) is 5.84 Å². The van der Waals surface area contributed by atoms with E-state index in [1.807, 2.05) is 59.4 Å². The molecule has 0 saturated carbocycles. The van der Waals surface area contributed by atoms with Gasteiger partial charge in [-0.25, -0.2) is 9.98 Å². The fourth-order valence-corrected chi connectivity index (χ4v) is 15.0. The monoisotopic (exact) mass is 1090 g/mol. The number of aromatic nitrogens is 2. The molecule has 8 aromatic carbocycles. The predicted molar refractivity (Wildman–Crippen MR) is 347 cm³/mol. The minimum Gasteiger partial charge on any atom is -0.320 e. The van der Waals surface area contributed by atoms with Crippen molar-refractivity contribution >= 4 is 100 Å². The molecule has 0 spiro atoms. The van der Waals surface area contributed by atoms with Crippen molar-refractivity contribution in [3.63, 3.8) is 0 Å². The summed E-state index contributed by atoms with van der Waals surface area (Å²) in [6.45, 7) is 9.14. The average molecular weight is 1090 g/mol. The molecular weight excluding hydrogens is 1040 g/mol. The van der Waals surface area contributed by atoms with E-state index >= 15 is 0 Å². The van der Waals surface area contributed by atoms with Crippen LogP contribution in [0.3, 0.4) is 0 Å². The lowest BCUT2D eigenvalue weighted by Gasteiger charge is -2.34. The smallest absolute Gasteiger partial charge is 0.206 e. The molecule has 0 amide bonds. The lowest BCUT2D eigenvalue weighted by molar-refractivity contribution is 0.297. The minimum absolute atomic E-state index is 0.182. The number of pyridine rings is 1. The number of anilines is 3. The summed E-state index contributed by atoms with van der Waals surface area (Å²) in [5, 5.41) is 2.41. The van der Waals surface area contributed by atoms with Crippen LogP contribution in [0.15, 0.2) is 246 Å². The minimum atomic E-state index is -0.421. The first-order chi connectivity index (χ1) is 40.2. The second-order valence-corrected chi connectivity index (χ2v) is 24.1. The number of aliphatic imine (C=N–C) groups is 3. The van der Waals surface area contributed by atoms with Gasteiger partial charge in [0.2, 0.25) is 6.29 Å². The zero-order valence-corrected chi connectivity index (χ0v) is 47.7. The molecule has 82 heavy (non-hydrogen) atoms. The Hall–Kier alpha value is -9.54. The SMILES string of the molecule is C/C1=C\C=C/C=Nc2c(-c3ccccn3)cccc2N(c2cccc(-c3cc4sc(-c5ccc6c(c5)c5cc7c(cc5n6C5N=C(c6ccccc6)N=C(c6ccccc6)N5C)C(C)(C)c5ccccc5-7)cc4s3)c2)c2cccc1c2C. The van der Waals surface area contributed by atoms with Crippen molar-refractivity contribution in [3.8, 4) is 43.3 Å².